The molecule has 13 aromatic rings. The number of aromatic nitrogens is 5. The Bertz CT molecular complexity index is 3690. The Morgan fingerprint density at radius 2 is 0.842 bits per heavy atom. The van der Waals surface area contributed by atoms with E-state index in [-0.39, 0.29) is 0 Å². The van der Waals surface area contributed by atoms with Crippen LogP contribution in [0.15, 0.2) is 176 Å². The Labute approximate surface area is 329 Å². The lowest BCUT2D eigenvalue weighted by Crippen LogP contribution is -2.07. The van der Waals surface area contributed by atoms with Crippen LogP contribution in [0.25, 0.3) is 120 Å². The summed E-state index contributed by atoms with van der Waals surface area (Å²) in [6, 6.07) is 62.9. The molecule has 0 aliphatic heterocycles. The maximum absolute atomic E-state index is 5.28. The Kier molecular flexibility index (Phi) is 6.26. The standard InChI is InChI=1S/C51H29N5S/c1-3-13-30(14-4-1)49-52-50(31-15-5-2-6-16-31)54-51(53-49)56-42-22-10-8-18-35(42)39-28-27-38-34-17-7-9-21-41(34)55(47(38)48(39)56)32-25-26-33-36-19-11-23-43-45(36)46-37(40(33)29-32)20-12-24-44(46)57-43/h1-29H. The van der Waals surface area contributed by atoms with E-state index in [0.717, 1.165) is 49.7 Å². The Balaban J connectivity index is 1.18. The van der Waals surface area contributed by atoms with Gasteiger partial charge in [-0.05, 0) is 57.9 Å². The van der Waals surface area contributed by atoms with Crippen LogP contribution in [-0.4, -0.2) is 24.1 Å². The van der Waals surface area contributed by atoms with Gasteiger partial charge in [0.2, 0.25) is 5.95 Å². The number of rotatable bonds is 4. The molecule has 5 nitrogen and oxygen atoms in total. The third-order valence-electron chi connectivity index (χ3n) is 11.7. The van der Waals surface area contributed by atoms with E-state index in [9.17, 15) is 0 Å². The molecule has 0 radical (unpaired) electrons. The largest absolute Gasteiger partial charge is 0.307 e. The number of benzene rings is 9. The van der Waals surface area contributed by atoms with E-state index >= 15 is 0 Å². The third-order valence-corrected chi connectivity index (χ3v) is 12.8. The monoisotopic (exact) mass is 743 g/mol. The van der Waals surface area contributed by atoms with Crippen molar-refractivity contribution >= 4 is 96.7 Å². The first-order valence-corrected chi connectivity index (χ1v) is 20.0. The van der Waals surface area contributed by atoms with Crippen LogP contribution in [0.4, 0.5) is 0 Å². The number of fused-ring (bicyclic) bond motifs is 10. The molecule has 0 fully saturated rings. The van der Waals surface area contributed by atoms with Gasteiger partial charge < -0.3 is 4.57 Å². The molecule has 0 aliphatic carbocycles. The average molecular weight is 744 g/mol. The van der Waals surface area contributed by atoms with Gasteiger partial charge in [-0.2, -0.15) is 9.97 Å². The predicted molar refractivity (Wildman–Crippen MR) is 238 cm³/mol. The molecule has 0 aliphatic rings. The number of hydrogen-bond donors (Lipinski definition) is 0. The van der Waals surface area contributed by atoms with Gasteiger partial charge in [-0.1, -0.05) is 140 Å². The molecular formula is C51H29N5S. The van der Waals surface area contributed by atoms with Crippen molar-refractivity contribution in [1.82, 2.24) is 24.1 Å². The molecule has 6 heteroatoms. The smallest absolute Gasteiger partial charge is 0.238 e. The van der Waals surface area contributed by atoms with Gasteiger partial charge in [-0.3, -0.25) is 4.57 Å². The number of thiophene rings is 1. The number of para-hydroxylation sites is 2. The van der Waals surface area contributed by atoms with Crippen LogP contribution in [0.2, 0.25) is 0 Å². The van der Waals surface area contributed by atoms with Crippen molar-refractivity contribution in [2.45, 2.75) is 0 Å². The molecular weight excluding hydrogens is 715 g/mol. The summed E-state index contributed by atoms with van der Waals surface area (Å²) >= 11 is 1.88. The fourth-order valence-electron chi connectivity index (χ4n) is 9.32. The van der Waals surface area contributed by atoms with E-state index in [1.165, 1.54) is 52.5 Å². The zero-order chi connectivity index (χ0) is 37.2. The normalized spacial score (nSPS) is 12.2. The predicted octanol–water partition coefficient (Wildman–Crippen LogP) is 13.5. The first-order chi connectivity index (χ1) is 28.3. The van der Waals surface area contributed by atoms with Gasteiger partial charge in [0.15, 0.2) is 11.6 Å². The minimum absolute atomic E-state index is 0.577. The van der Waals surface area contributed by atoms with Crippen LogP contribution in [0, 0.1) is 0 Å². The first-order valence-electron chi connectivity index (χ1n) is 19.2. The van der Waals surface area contributed by atoms with E-state index in [1.54, 1.807) is 0 Å². The summed E-state index contributed by atoms with van der Waals surface area (Å²) in [5, 5.41) is 12.5. The molecule has 4 aromatic heterocycles. The van der Waals surface area contributed by atoms with Gasteiger partial charge in [0.25, 0.3) is 0 Å². The molecule has 0 atom stereocenters. The highest BCUT2D eigenvalue weighted by Gasteiger charge is 2.24. The Morgan fingerprint density at radius 3 is 1.46 bits per heavy atom. The van der Waals surface area contributed by atoms with Gasteiger partial charge in [0.1, 0.15) is 0 Å². The average Bonchev–Trinajstić information content (AvgIpc) is 3.95. The molecule has 0 N–H and O–H groups in total. The van der Waals surface area contributed by atoms with Crippen molar-refractivity contribution in [2.24, 2.45) is 0 Å². The second-order valence-corrected chi connectivity index (χ2v) is 15.9. The molecule has 4 heterocycles. The summed E-state index contributed by atoms with van der Waals surface area (Å²) in [6.07, 6.45) is 0. The van der Waals surface area contributed by atoms with Crippen molar-refractivity contribution in [1.29, 1.82) is 0 Å². The highest BCUT2D eigenvalue weighted by atomic mass is 32.1. The van der Waals surface area contributed by atoms with E-state index < -0.39 is 0 Å². The van der Waals surface area contributed by atoms with Crippen LogP contribution < -0.4 is 0 Å². The van der Waals surface area contributed by atoms with E-state index in [4.69, 9.17) is 15.0 Å². The summed E-state index contributed by atoms with van der Waals surface area (Å²) in [5.41, 5.74) is 7.33. The van der Waals surface area contributed by atoms with E-state index in [2.05, 4.69) is 149 Å². The maximum Gasteiger partial charge on any atom is 0.238 e. The van der Waals surface area contributed by atoms with Crippen LogP contribution >= 0.6 is 11.3 Å². The number of nitrogens with zero attached hydrogens (tertiary/aromatic N) is 5. The topological polar surface area (TPSA) is 48.5 Å². The zero-order valence-corrected chi connectivity index (χ0v) is 31.2. The van der Waals surface area contributed by atoms with Gasteiger partial charge in [-0.15, -0.1) is 11.3 Å². The summed E-state index contributed by atoms with van der Waals surface area (Å²) in [5.74, 6) is 1.84. The third kappa shape index (κ3) is 4.30. The zero-order valence-electron chi connectivity index (χ0n) is 30.4. The molecule has 0 saturated heterocycles. The SMILES string of the molecule is c1ccc(-c2nc(-c3ccccc3)nc(-n3c4ccccc4c4ccc5c6ccccc6n(-c6ccc7c(c6)c6cccc8sc9cccc7c9c86)c5c43)n2)cc1. The Morgan fingerprint density at radius 1 is 0.351 bits per heavy atom. The van der Waals surface area contributed by atoms with Crippen LogP contribution in [0.3, 0.4) is 0 Å². The van der Waals surface area contributed by atoms with Crippen LogP contribution in [0.5, 0.6) is 0 Å². The molecule has 0 spiro atoms. The first kappa shape index (κ1) is 30.9. The minimum Gasteiger partial charge on any atom is -0.307 e. The fraction of sp³-hybridized carbons (Fsp3) is 0. The second-order valence-electron chi connectivity index (χ2n) is 14.8. The van der Waals surface area contributed by atoms with Crippen molar-refractivity contribution < 1.29 is 0 Å². The van der Waals surface area contributed by atoms with Crippen molar-refractivity contribution in [3.63, 3.8) is 0 Å². The molecule has 0 amide bonds. The summed E-state index contributed by atoms with van der Waals surface area (Å²) < 4.78 is 7.40. The Hall–Kier alpha value is -7.41. The highest BCUT2D eigenvalue weighted by Crippen LogP contribution is 2.46. The van der Waals surface area contributed by atoms with Gasteiger partial charge in [-0.25, -0.2) is 4.98 Å². The van der Waals surface area contributed by atoms with Gasteiger partial charge in [0, 0.05) is 58.5 Å². The van der Waals surface area contributed by atoms with Crippen molar-refractivity contribution in [3.05, 3.63) is 176 Å². The van der Waals surface area contributed by atoms with Crippen molar-refractivity contribution in [3.8, 4) is 34.4 Å². The lowest BCUT2D eigenvalue weighted by Gasteiger charge is -2.15. The van der Waals surface area contributed by atoms with Gasteiger partial charge >= 0.3 is 0 Å². The van der Waals surface area contributed by atoms with E-state index in [1.807, 2.05) is 47.7 Å². The van der Waals surface area contributed by atoms with Crippen LogP contribution in [-0.2, 0) is 0 Å². The second kappa shape index (κ2) is 11.6. The molecule has 0 bridgehead atoms. The van der Waals surface area contributed by atoms with E-state index in [0.29, 0.717) is 17.6 Å². The maximum atomic E-state index is 5.28. The molecule has 0 saturated carbocycles. The van der Waals surface area contributed by atoms with Gasteiger partial charge in [0.05, 0.1) is 22.1 Å². The number of hydrogen-bond acceptors (Lipinski definition) is 4. The molecule has 9 aromatic carbocycles. The summed E-state index contributed by atoms with van der Waals surface area (Å²) in [6.45, 7) is 0. The highest BCUT2D eigenvalue weighted by molar-refractivity contribution is 7.26. The molecule has 0 unspecified atom stereocenters. The van der Waals surface area contributed by atoms with Crippen LogP contribution in [0.1, 0.15) is 0 Å². The lowest BCUT2D eigenvalue weighted by molar-refractivity contribution is 0.953. The molecule has 264 valence electrons. The molecule has 13 rings (SSSR count). The summed E-state index contributed by atoms with van der Waals surface area (Å²) in [7, 11) is 0. The lowest BCUT2D eigenvalue weighted by atomic mass is 9.94. The minimum atomic E-state index is 0.577. The molecule has 57 heavy (non-hydrogen) atoms. The fourth-order valence-corrected chi connectivity index (χ4v) is 10.5. The summed E-state index contributed by atoms with van der Waals surface area (Å²) in [4.78, 5) is 15.6. The van der Waals surface area contributed by atoms with Crippen molar-refractivity contribution in [2.75, 3.05) is 0 Å². The quantitative estimate of drug-likeness (QED) is 0.169.